The third-order valence-corrected chi connectivity index (χ3v) is 4.50. The lowest BCUT2D eigenvalue weighted by Crippen LogP contribution is -2.39. The van der Waals surface area contributed by atoms with Gasteiger partial charge in [0.1, 0.15) is 6.10 Å². The Morgan fingerprint density at radius 2 is 1.80 bits per heavy atom. The molecule has 0 amide bonds. The van der Waals surface area contributed by atoms with Gasteiger partial charge in [-0.15, -0.1) is 0 Å². The number of nitrogens with zero attached hydrogens (tertiary/aromatic N) is 3. The first-order valence-corrected chi connectivity index (χ1v) is 8.29. The van der Waals surface area contributed by atoms with Gasteiger partial charge in [0.15, 0.2) is 5.69 Å². The van der Waals surface area contributed by atoms with Crippen molar-refractivity contribution in [1.29, 1.82) is 0 Å². The van der Waals surface area contributed by atoms with Crippen LogP contribution in [0.1, 0.15) is 37.1 Å². The van der Waals surface area contributed by atoms with E-state index in [1.54, 1.807) is 0 Å². The topological polar surface area (TPSA) is 38.2 Å². The standard InChI is InChI=1S/C18H20F3N3O/c1-13(14-5-3-2-4-6-14)24-11-8-15(9-12-24)25-17-22-10-7-16(23-17)18(19,20)21/h2-7,10,13,15H,8-9,11-12H2,1H3. The Bertz CT molecular complexity index is 685. The summed E-state index contributed by atoms with van der Waals surface area (Å²) in [5, 5.41) is 0. The molecule has 2 heterocycles. The van der Waals surface area contributed by atoms with Gasteiger partial charge in [0.05, 0.1) is 0 Å². The molecule has 7 heteroatoms. The molecule has 2 aromatic rings. The average Bonchev–Trinajstić information content (AvgIpc) is 2.62. The van der Waals surface area contributed by atoms with Crippen LogP contribution in [0.15, 0.2) is 42.6 Å². The Morgan fingerprint density at radius 3 is 2.44 bits per heavy atom. The molecule has 0 spiro atoms. The van der Waals surface area contributed by atoms with Crippen LogP contribution in [0.5, 0.6) is 6.01 Å². The first-order chi connectivity index (χ1) is 11.9. The maximum Gasteiger partial charge on any atom is 0.433 e. The normalized spacial score (nSPS) is 18.1. The molecule has 1 aliphatic rings. The number of benzene rings is 1. The van der Waals surface area contributed by atoms with Crippen molar-refractivity contribution in [2.45, 2.75) is 38.1 Å². The van der Waals surface area contributed by atoms with Crippen LogP contribution in [-0.2, 0) is 6.18 Å². The van der Waals surface area contributed by atoms with E-state index in [4.69, 9.17) is 4.74 Å². The molecule has 1 aromatic heterocycles. The number of ether oxygens (including phenoxy) is 1. The first kappa shape index (κ1) is 17.7. The van der Waals surface area contributed by atoms with Crippen LogP contribution in [0.25, 0.3) is 0 Å². The van der Waals surface area contributed by atoms with E-state index in [0.29, 0.717) is 6.04 Å². The van der Waals surface area contributed by atoms with E-state index in [0.717, 1.165) is 38.2 Å². The lowest BCUT2D eigenvalue weighted by atomic mass is 10.0. The second-order valence-corrected chi connectivity index (χ2v) is 6.16. The fourth-order valence-corrected chi connectivity index (χ4v) is 3.03. The number of rotatable bonds is 4. The first-order valence-electron chi connectivity index (χ1n) is 8.29. The molecule has 134 valence electrons. The molecule has 0 N–H and O–H groups in total. The van der Waals surface area contributed by atoms with Crippen molar-refractivity contribution in [3.63, 3.8) is 0 Å². The molecule has 0 bridgehead atoms. The fraction of sp³-hybridized carbons (Fsp3) is 0.444. The lowest BCUT2D eigenvalue weighted by Gasteiger charge is -2.35. The molecule has 4 nitrogen and oxygen atoms in total. The van der Waals surface area contributed by atoms with Gasteiger partial charge in [0.2, 0.25) is 0 Å². The van der Waals surface area contributed by atoms with Crippen LogP contribution in [-0.4, -0.2) is 34.1 Å². The minimum Gasteiger partial charge on any atom is -0.460 e. The highest BCUT2D eigenvalue weighted by atomic mass is 19.4. The van der Waals surface area contributed by atoms with E-state index in [1.807, 2.05) is 18.2 Å². The van der Waals surface area contributed by atoms with Crippen molar-refractivity contribution in [3.05, 3.63) is 53.9 Å². The monoisotopic (exact) mass is 351 g/mol. The van der Waals surface area contributed by atoms with Crippen LogP contribution < -0.4 is 4.74 Å². The molecular formula is C18H20F3N3O. The Morgan fingerprint density at radius 1 is 1.12 bits per heavy atom. The molecule has 0 aliphatic carbocycles. The lowest BCUT2D eigenvalue weighted by molar-refractivity contribution is -0.141. The van der Waals surface area contributed by atoms with Gasteiger partial charge >= 0.3 is 12.2 Å². The molecule has 1 aliphatic heterocycles. The largest absolute Gasteiger partial charge is 0.460 e. The van der Waals surface area contributed by atoms with Gasteiger partial charge in [-0.05, 0) is 31.4 Å². The Kier molecular flexibility index (Phi) is 5.22. The van der Waals surface area contributed by atoms with E-state index in [2.05, 4.69) is 33.9 Å². The third kappa shape index (κ3) is 4.48. The summed E-state index contributed by atoms with van der Waals surface area (Å²) in [6.45, 7) is 3.80. The number of hydrogen-bond acceptors (Lipinski definition) is 4. The van der Waals surface area contributed by atoms with Gasteiger partial charge in [-0.2, -0.15) is 18.2 Å². The zero-order valence-electron chi connectivity index (χ0n) is 13.9. The molecular weight excluding hydrogens is 331 g/mol. The zero-order valence-corrected chi connectivity index (χ0v) is 13.9. The molecule has 0 radical (unpaired) electrons. The smallest absolute Gasteiger partial charge is 0.433 e. The number of piperidine rings is 1. The summed E-state index contributed by atoms with van der Waals surface area (Å²) in [4.78, 5) is 9.62. The van der Waals surface area contributed by atoms with Crippen molar-refractivity contribution in [2.24, 2.45) is 0 Å². The number of alkyl halides is 3. The van der Waals surface area contributed by atoms with E-state index < -0.39 is 11.9 Å². The second kappa shape index (κ2) is 7.39. The highest BCUT2D eigenvalue weighted by Gasteiger charge is 2.33. The summed E-state index contributed by atoms with van der Waals surface area (Å²) in [7, 11) is 0. The molecule has 3 rings (SSSR count). The summed E-state index contributed by atoms with van der Waals surface area (Å²) in [6.07, 6.45) is -2.11. The SMILES string of the molecule is CC(c1ccccc1)N1CCC(Oc2nccc(C(F)(F)F)n2)CC1. The van der Waals surface area contributed by atoms with Crippen molar-refractivity contribution in [1.82, 2.24) is 14.9 Å². The van der Waals surface area contributed by atoms with Gasteiger partial charge in [-0.25, -0.2) is 4.98 Å². The third-order valence-electron chi connectivity index (χ3n) is 4.50. The Hall–Kier alpha value is -2.15. The number of hydrogen-bond donors (Lipinski definition) is 0. The van der Waals surface area contributed by atoms with Crippen molar-refractivity contribution in [2.75, 3.05) is 13.1 Å². The van der Waals surface area contributed by atoms with Crippen molar-refractivity contribution < 1.29 is 17.9 Å². The maximum absolute atomic E-state index is 12.7. The predicted molar refractivity (Wildman–Crippen MR) is 87.1 cm³/mol. The summed E-state index contributed by atoms with van der Waals surface area (Å²) < 4.78 is 43.7. The van der Waals surface area contributed by atoms with Crippen LogP contribution in [0.4, 0.5) is 13.2 Å². The highest BCUT2D eigenvalue weighted by molar-refractivity contribution is 5.18. The highest BCUT2D eigenvalue weighted by Crippen LogP contribution is 2.29. The summed E-state index contributed by atoms with van der Waals surface area (Å²) >= 11 is 0. The molecule has 25 heavy (non-hydrogen) atoms. The predicted octanol–water partition coefficient (Wildman–Crippen LogP) is 4.10. The molecule has 1 atom stereocenters. The van der Waals surface area contributed by atoms with Crippen molar-refractivity contribution in [3.8, 4) is 6.01 Å². The Labute approximate surface area is 144 Å². The van der Waals surface area contributed by atoms with Gasteiger partial charge in [0.25, 0.3) is 0 Å². The summed E-state index contributed by atoms with van der Waals surface area (Å²) in [5.41, 5.74) is 0.274. The second-order valence-electron chi connectivity index (χ2n) is 6.16. The van der Waals surface area contributed by atoms with E-state index in [9.17, 15) is 13.2 Å². The average molecular weight is 351 g/mol. The van der Waals surface area contributed by atoms with E-state index in [-0.39, 0.29) is 12.1 Å². The van der Waals surface area contributed by atoms with E-state index in [1.165, 1.54) is 5.56 Å². The number of likely N-dealkylation sites (tertiary alicyclic amines) is 1. The fourth-order valence-electron chi connectivity index (χ4n) is 3.03. The van der Waals surface area contributed by atoms with E-state index >= 15 is 0 Å². The van der Waals surface area contributed by atoms with Crippen molar-refractivity contribution >= 4 is 0 Å². The van der Waals surface area contributed by atoms with Gasteiger partial charge < -0.3 is 4.74 Å². The van der Waals surface area contributed by atoms with Crippen LogP contribution >= 0.6 is 0 Å². The van der Waals surface area contributed by atoms with Gasteiger partial charge in [-0.1, -0.05) is 30.3 Å². The van der Waals surface area contributed by atoms with Gasteiger partial charge in [-0.3, -0.25) is 4.90 Å². The summed E-state index contributed by atoms with van der Waals surface area (Å²) in [6, 6.07) is 11.2. The summed E-state index contributed by atoms with van der Waals surface area (Å²) in [5.74, 6) is 0. The quantitative estimate of drug-likeness (QED) is 0.831. The minimum absolute atomic E-state index is 0.164. The number of halogens is 3. The molecule has 1 fully saturated rings. The Balaban J connectivity index is 1.56. The van der Waals surface area contributed by atoms with Crippen LogP contribution in [0, 0.1) is 0 Å². The van der Waals surface area contributed by atoms with Crippen LogP contribution in [0.3, 0.4) is 0 Å². The molecule has 1 unspecified atom stereocenters. The van der Waals surface area contributed by atoms with Crippen LogP contribution in [0.2, 0.25) is 0 Å². The minimum atomic E-state index is -4.49. The molecule has 0 saturated carbocycles. The maximum atomic E-state index is 12.7. The zero-order chi connectivity index (χ0) is 17.9. The van der Waals surface area contributed by atoms with Gasteiger partial charge in [0, 0.05) is 25.3 Å². The number of aromatic nitrogens is 2. The molecule has 1 saturated heterocycles. The molecule has 1 aromatic carbocycles.